The standard InChI is InChI=1S/C18H30N2O/c1-13(2)14-5-10-18(19-3)15(11-14)12-20(4)16-6-8-17(21)9-7-16/h6-9,13-15,18-19,21H,5,10-12H2,1-4H3. The number of phenolic OH excluding ortho intramolecular Hbond substituents is 1. The van der Waals surface area contributed by atoms with Crippen molar-refractivity contribution in [1.82, 2.24) is 5.32 Å². The lowest BCUT2D eigenvalue weighted by atomic mass is 9.73. The fourth-order valence-corrected chi connectivity index (χ4v) is 3.65. The first kappa shape index (κ1) is 16.2. The molecule has 2 N–H and O–H groups in total. The molecular weight excluding hydrogens is 260 g/mol. The van der Waals surface area contributed by atoms with Crippen molar-refractivity contribution in [2.75, 3.05) is 25.5 Å². The Kier molecular flexibility index (Phi) is 5.51. The van der Waals surface area contributed by atoms with Crippen molar-refractivity contribution in [1.29, 1.82) is 0 Å². The molecule has 0 aromatic heterocycles. The number of phenols is 1. The number of benzene rings is 1. The molecule has 3 atom stereocenters. The molecule has 0 spiro atoms. The number of rotatable bonds is 5. The van der Waals surface area contributed by atoms with Crippen molar-refractivity contribution in [2.45, 2.75) is 39.2 Å². The molecule has 3 nitrogen and oxygen atoms in total. The number of nitrogens with one attached hydrogen (secondary N) is 1. The smallest absolute Gasteiger partial charge is 0.115 e. The summed E-state index contributed by atoms with van der Waals surface area (Å²) in [4.78, 5) is 2.32. The first-order valence-electron chi connectivity index (χ1n) is 8.18. The van der Waals surface area contributed by atoms with Gasteiger partial charge in [-0.05, 0) is 68.3 Å². The van der Waals surface area contributed by atoms with Gasteiger partial charge in [0.1, 0.15) is 5.75 Å². The van der Waals surface area contributed by atoms with Gasteiger partial charge in [-0.2, -0.15) is 0 Å². The van der Waals surface area contributed by atoms with Gasteiger partial charge in [0.15, 0.2) is 0 Å². The van der Waals surface area contributed by atoms with Gasteiger partial charge >= 0.3 is 0 Å². The Labute approximate surface area is 129 Å². The van der Waals surface area contributed by atoms with E-state index in [9.17, 15) is 5.11 Å². The third-order valence-corrected chi connectivity index (χ3v) is 5.14. The SMILES string of the molecule is CNC1CCC(C(C)C)CC1CN(C)c1ccc(O)cc1. The molecule has 118 valence electrons. The van der Waals surface area contributed by atoms with E-state index in [1.54, 1.807) is 12.1 Å². The summed E-state index contributed by atoms with van der Waals surface area (Å²) >= 11 is 0. The fourth-order valence-electron chi connectivity index (χ4n) is 3.65. The van der Waals surface area contributed by atoms with Gasteiger partial charge < -0.3 is 15.3 Å². The zero-order valence-corrected chi connectivity index (χ0v) is 13.8. The predicted molar refractivity (Wildman–Crippen MR) is 89.9 cm³/mol. The lowest BCUT2D eigenvalue weighted by Crippen LogP contribution is -2.44. The van der Waals surface area contributed by atoms with Gasteiger partial charge in [-0.25, -0.2) is 0 Å². The van der Waals surface area contributed by atoms with Crippen LogP contribution in [-0.4, -0.2) is 31.8 Å². The summed E-state index contributed by atoms with van der Waals surface area (Å²) in [7, 11) is 4.24. The van der Waals surface area contributed by atoms with E-state index in [-0.39, 0.29) is 0 Å². The van der Waals surface area contributed by atoms with Crippen LogP contribution in [0.3, 0.4) is 0 Å². The van der Waals surface area contributed by atoms with Crippen LogP contribution in [0.15, 0.2) is 24.3 Å². The predicted octanol–water partition coefficient (Wildman–Crippen LogP) is 3.49. The Balaban J connectivity index is 2.02. The molecule has 3 unspecified atom stereocenters. The van der Waals surface area contributed by atoms with Crippen LogP contribution in [0.4, 0.5) is 5.69 Å². The Morgan fingerprint density at radius 2 is 1.90 bits per heavy atom. The summed E-state index contributed by atoms with van der Waals surface area (Å²) in [6, 6.07) is 8.14. The number of hydrogen-bond donors (Lipinski definition) is 2. The first-order valence-corrected chi connectivity index (χ1v) is 8.18. The minimum absolute atomic E-state index is 0.331. The summed E-state index contributed by atoms with van der Waals surface area (Å²) in [5, 5.41) is 12.9. The molecule has 0 bridgehead atoms. The molecule has 0 radical (unpaired) electrons. The summed E-state index contributed by atoms with van der Waals surface area (Å²) in [6.45, 7) is 5.77. The number of nitrogens with zero attached hydrogens (tertiary/aromatic N) is 1. The Hall–Kier alpha value is -1.22. The van der Waals surface area contributed by atoms with Crippen molar-refractivity contribution in [3.05, 3.63) is 24.3 Å². The maximum atomic E-state index is 9.41. The largest absolute Gasteiger partial charge is 0.508 e. The second-order valence-corrected chi connectivity index (χ2v) is 6.87. The third kappa shape index (κ3) is 4.13. The van der Waals surface area contributed by atoms with Crippen molar-refractivity contribution in [3.8, 4) is 5.75 Å². The molecule has 1 aromatic rings. The molecule has 1 fully saturated rings. The minimum atomic E-state index is 0.331. The van der Waals surface area contributed by atoms with E-state index in [1.165, 1.54) is 24.9 Å². The van der Waals surface area contributed by atoms with E-state index in [1.807, 2.05) is 12.1 Å². The van der Waals surface area contributed by atoms with E-state index in [4.69, 9.17) is 0 Å². The van der Waals surface area contributed by atoms with Crippen molar-refractivity contribution in [3.63, 3.8) is 0 Å². The van der Waals surface area contributed by atoms with Crippen LogP contribution in [0.25, 0.3) is 0 Å². The van der Waals surface area contributed by atoms with Gasteiger partial charge in [-0.1, -0.05) is 13.8 Å². The summed E-state index contributed by atoms with van der Waals surface area (Å²) in [5.41, 5.74) is 1.18. The normalized spacial score (nSPS) is 26.0. The molecule has 1 aliphatic carbocycles. The maximum absolute atomic E-state index is 9.41. The maximum Gasteiger partial charge on any atom is 0.115 e. The van der Waals surface area contributed by atoms with Gasteiger partial charge in [0.05, 0.1) is 0 Å². The molecular formula is C18H30N2O. The molecule has 3 heteroatoms. The highest BCUT2D eigenvalue weighted by Gasteiger charge is 2.31. The van der Waals surface area contributed by atoms with E-state index in [2.05, 4.69) is 38.2 Å². The first-order chi connectivity index (χ1) is 10.0. The van der Waals surface area contributed by atoms with Crippen LogP contribution in [0.2, 0.25) is 0 Å². The number of aromatic hydroxyl groups is 1. The van der Waals surface area contributed by atoms with Crippen molar-refractivity contribution in [2.24, 2.45) is 17.8 Å². The lowest BCUT2D eigenvalue weighted by molar-refractivity contribution is 0.177. The van der Waals surface area contributed by atoms with Gasteiger partial charge in [0.25, 0.3) is 0 Å². The zero-order valence-electron chi connectivity index (χ0n) is 13.8. The van der Waals surface area contributed by atoms with E-state index < -0.39 is 0 Å². The molecule has 21 heavy (non-hydrogen) atoms. The highest BCUT2D eigenvalue weighted by molar-refractivity contribution is 5.48. The molecule has 0 heterocycles. The molecule has 0 amide bonds. The average molecular weight is 290 g/mol. The van der Waals surface area contributed by atoms with Crippen molar-refractivity contribution < 1.29 is 5.11 Å². The van der Waals surface area contributed by atoms with Crippen LogP contribution >= 0.6 is 0 Å². The van der Waals surface area contributed by atoms with Crippen LogP contribution in [0.1, 0.15) is 33.1 Å². The topological polar surface area (TPSA) is 35.5 Å². The molecule has 1 aromatic carbocycles. The van der Waals surface area contributed by atoms with E-state index >= 15 is 0 Å². The number of anilines is 1. The summed E-state index contributed by atoms with van der Waals surface area (Å²) in [5.74, 6) is 2.66. The molecule has 1 saturated carbocycles. The monoisotopic (exact) mass is 290 g/mol. The van der Waals surface area contributed by atoms with E-state index in [0.717, 1.165) is 18.4 Å². The second kappa shape index (κ2) is 7.17. The zero-order chi connectivity index (χ0) is 15.4. The van der Waals surface area contributed by atoms with Crippen molar-refractivity contribution >= 4 is 5.69 Å². The molecule has 0 saturated heterocycles. The molecule has 0 aliphatic heterocycles. The third-order valence-electron chi connectivity index (χ3n) is 5.14. The summed E-state index contributed by atoms with van der Waals surface area (Å²) < 4.78 is 0. The molecule has 1 aliphatic rings. The van der Waals surface area contributed by atoms with Gasteiger partial charge in [-0.3, -0.25) is 0 Å². The molecule has 2 rings (SSSR count). The average Bonchev–Trinajstić information content (AvgIpc) is 2.47. The number of hydrogen-bond acceptors (Lipinski definition) is 3. The van der Waals surface area contributed by atoms with Gasteiger partial charge in [-0.15, -0.1) is 0 Å². The fraction of sp³-hybridized carbons (Fsp3) is 0.667. The van der Waals surface area contributed by atoms with Gasteiger partial charge in [0, 0.05) is 25.3 Å². The minimum Gasteiger partial charge on any atom is -0.508 e. The van der Waals surface area contributed by atoms with E-state index in [0.29, 0.717) is 17.7 Å². The summed E-state index contributed by atoms with van der Waals surface area (Å²) in [6.07, 6.45) is 3.95. The van der Waals surface area contributed by atoms with Crippen LogP contribution < -0.4 is 10.2 Å². The Morgan fingerprint density at radius 1 is 1.24 bits per heavy atom. The van der Waals surface area contributed by atoms with Crippen LogP contribution in [0, 0.1) is 17.8 Å². The second-order valence-electron chi connectivity index (χ2n) is 6.87. The van der Waals surface area contributed by atoms with Gasteiger partial charge in [0.2, 0.25) is 0 Å². The Bertz CT molecular complexity index is 429. The lowest BCUT2D eigenvalue weighted by Gasteiger charge is -2.40. The Morgan fingerprint density at radius 3 is 2.48 bits per heavy atom. The quantitative estimate of drug-likeness (QED) is 0.871. The highest BCUT2D eigenvalue weighted by Crippen LogP contribution is 2.34. The highest BCUT2D eigenvalue weighted by atomic mass is 16.3. The van der Waals surface area contributed by atoms with Crippen LogP contribution in [0.5, 0.6) is 5.75 Å². The van der Waals surface area contributed by atoms with Crippen LogP contribution in [-0.2, 0) is 0 Å².